The maximum atomic E-state index is 5.41. The average molecular weight is 302 g/mol. The lowest BCUT2D eigenvalue weighted by Crippen LogP contribution is -2.36. The fraction of sp³-hybridized carbons (Fsp3) is 0.684. The van der Waals surface area contributed by atoms with Gasteiger partial charge in [0, 0.05) is 30.9 Å². The predicted molar refractivity (Wildman–Crippen MR) is 92.8 cm³/mol. The molecule has 2 aliphatic heterocycles. The van der Waals surface area contributed by atoms with Crippen molar-refractivity contribution in [2.24, 2.45) is 0 Å². The topological polar surface area (TPSA) is 15.7 Å². The molecule has 1 aromatic rings. The maximum Gasteiger partial charge on any atom is 0.0594 e. The predicted octanol–water partition coefficient (Wildman–Crippen LogP) is 3.11. The summed E-state index contributed by atoms with van der Waals surface area (Å²) < 4.78 is 5.41. The fourth-order valence-electron chi connectivity index (χ4n) is 3.98. The third-order valence-corrected chi connectivity index (χ3v) is 5.01. The second kappa shape index (κ2) is 7.01. The number of morpholine rings is 1. The Morgan fingerprint density at radius 3 is 2.73 bits per heavy atom. The van der Waals surface area contributed by atoms with E-state index in [0.717, 1.165) is 26.3 Å². The van der Waals surface area contributed by atoms with Crippen LogP contribution in [0, 0.1) is 0 Å². The Hall–Kier alpha value is -1.06. The van der Waals surface area contributed by atoms with Crippen molar-refractivity contribution in [3.05, 3.63) is 29.3 Å². The smallest absolute Gasteiger partial charge is 0.0594 e. The van der Waals surface area contributed by atoms with E-state index in [9.17, 15) is 0 Å². The summed E-state index contributed by atoms with van der Waals surface area (Å²) in [6, 6.07) is 8.36. The van der Waals surface area contributed by atoms with E-state index in [-0.39, 0.29) is 0 Å². The summed E-state index contributed by atoms with van der Waals surface area (Å²) in [7, 11) is 0. The van der Waals surface area contributed by atoms with Crippen LogP contribution >= 0.6 is 0 Å². The molecule has 0 N–H and O–H groups in total. The first-order chi connectivity index (χ1) is 10.6. The highest BCUT2D eigenvalue weighted by atomic mass is 16.5. The molecule has 122 valence electrons. The van der Waals surface area contributed by atoms with Gasteiger partial charge in [-0.1, -0.05) is 12.1 Å². The van der Waals surface area contributed by atoms with Gasteiger partial charge in [0.1, 0.15) is 0 Å². The number of ether oxygens (including phenoxy) is 1. The third-order valence-electron chi connectivity index (χ3n) is 5.01. The summed E-state index contributed by atoms with van der Waals surface area (Å²) in [6.07, 6.45) is 3.65. The van der Waals surface area contributed by atoms with E-state index in [2.05, 4.69) is 48.8 Å². The number of hydrogen-bond acceptors (Lipinski definition) is 3. The number of nitrogens with zero attached hydrogens (tertiary/aromatic N) is 2. The number of aryl methyl sites for hydroxylation is 1. The monoisotopic (exact) mass is 302 g/mol. The second-order valence-electron chi connectivity index (χ2n) is 7.07. The fourth-order valence-corrected chi connectivity index (χ4v) is 3.98. The molecule has 1 unspecified atom stereocenters. The van der Waals surface area contributed by atoms with Crippen molar-refractivity contribution in [2.45, 2.75) is 52.1 Å². The van der Waals surface area contributed by atoms with Crippen LogP contribution in [-0.4, -0.2) is 49.8 Å². The van der Waals surface area contributed by atoms with Crippen LogP contribution in [0.5, 0.6) is 0 Å². The molecule has 3 heteroatoms. The molecule has 0 amide bonds. The first kappa shape index (κ1) is 15.8. The lowest BCUT2D eigenvalue weighted by atomic mass is 10.0. The van der Waals surface area contributed by atoms with Crippen molar-refractivity contribution in [1.82, 2.24) is 4.90 Å². The highest BCUT2D eigenvalue weighted by Crippen LogP contribution is 2.34. The molecule has 2 aliphatic rings. The van der Waals surface area contributed by atoms with E-state index < -0.39 is 0 Å². The van der Waals surface area contributed by atoms with Gasteiger partial charge < -0.3 is 9.64 Å². The van der Waals surface area contributed by atoms with Crippen LogP contribution in [0.25, 0.3) is 0 Å². The van der Waals surface area contributed by atoms with Crippen LogP contribution in [-0.2, 0) is 17.6 Å². The van der Waals surface area contributed by atoms with Crippen molar-refractivity contribution >= 4 is 5.69 Å². The van der Waals surface area contributed by atoms with Crippen molar-refractivity contribution in [3.8, 4) is 0 Å². The highest BCUT2D eigenvalue weighted by molar-refractivity contribution is 5.61. The molecule has 2 heterocycles. The van der Waals surface area contributed by atoms with Crippen molar-refractivity contribution in [3.63, 3.8) is 0 Å². The molecule has 1 aromatic carbocycles. The molecule has 1 saturated heterocycles. The first-order valence-corrected chi connectivity index (χ1v) is 8.85. The Bertz CT molecular complexity index is 494. The molecule has 0 spiro atoms. The number of rotatable bonds is 5. The zero-order chi connectivity index (χ0) is 15.5. The quantitative estimate of drug-likeness (QED) is 0.831. The Labute approximate surface area is 135 Å². The van der Waals surface area contributed by atoms with Gasteiger partial charge in [-0.25, -0.2) is 0 Å². The van der Waals surface area contributed by atoms with E-state index in [4.69, 9.17) is 4.74 Å². The van der Waals surface area contributed by atoms with Gasteiger partial charge in [-0.3, -0.25) is 4.90 Å². The second-order valence-corrected chi connectivity index (χ2v) is 7.07. The summed E-state index contributed by atoms with van der Waals surface area (Å²) in [4.78, 5) is 5.09. The van der Waals surface area contributed by atoms with Crippen LogP contribution in [0.1, 0.15) is 38.3 Å². The molecule has 1 atom stereocenters. The lowest BCUT2D eigenvalue weighted by molar-refractivity contribution is 0.0375. The van der Waals surface area contributed by atoms with E-state index in [1.165, 1.54) is 37.1 Å². The van der Waals surface area contributed by atoms with Crippen molar-refractivity contribution in [2.75, 3.05) is 37.7 Å². The van der Waals surface area contributed by atoms with Crippen LogP contribution < -0.4 is 4.90 Å². The van der Waals surface area contributed by atoms with Gasteiger partial charge in [0.15, 0.2) is 0 Å². The van der Waals surface area contributed by atoms with E-state index in [1.54, 1.807) is 5.56 Å². The Morgan fingerprint density at radius 1 is 1.23 bits per heavy atom. The molecular formula is C19H30N2O. The Balaban J connectivity index is 1.56. The molecule has 1 fully saturated rings. The summed E-state index contributed by atoms with van der Waals surface area (Å²) in [6.45, 7) is 12.1. The molecule has 3 rings (SSSR count). The van der Waals surface area contributed by atoms with Gasteiger partial charge in [-0.05, 0) is 63.8 Å². The number of fused-ring (bicyclic) bond motifs is 1. The zero-order valence-electron chi connectivity index (χ0n) is 14.3. The van der Waals surface area contributed by atoms with E-state index >= 15 is 0 Å². The summed E-state index contributed by atoms with van der Waals surface area (Å²) in [5.74, 6) is 0. The summed E-state index contributed by atoms with van der Waals surface area (Å²) in [5.41, 5.74) is 4.51. The molecule has 0 aliphatic carbocycles. The SMILES string of the molecule is CC(C)N1c2ccc(CCCN3CCOCC3)cc2CC1C. The van der Waals surface area contributed by atoms with Crippen LogP contribution in [0.15, 0.2) is 18.2 Å². The lowest BCUT2D eigenvalue weighted by Gasteiger charge is -2.29. The molecule has 0 bridgehead atoms. The number of hydrogen-bond donors (Lipinski definition) is 0. The minimum Gasteiger partial charge on any atom is -0.379 e. The largest absolute Gasteiger partial charge is 0.379 e. The van der Waals surface area contributed by atoms with Crippen molar-refractivity contribution in [1.29, 1.82) is 0 Å². The number of benzene rings is 1. The normalized spacial score (nSPS) is 22.4. The average Bonchev–Trinajstić information content (AvgIpc) is 2.83. The van der Waals surface area contributed by atoms with Gasteiger partial charge in [-0.15, -0.1) is 0 Å². The molecule has 0 radical (unpaired) electrons. The molecule has 22 heavy (non-hydrogen) atoms. The molecule has 0 aromatic heterocycles. The van der Waals surface area contributed by atoms with E-state index in [0.29, 0.717) is 12.1 Å². The van der Waals surface area contributed by atoms with Gasteiger partial charge in [-0.2, -0.15) is 0 Å². The van der Waals surface area contributed by atoms with Gasteiger partial charge in [0.2, 0.25) is 0 Å². The molecular weight excluding hydrogens is 272 g/mol. The van der Waals surface area contributed by atoms with Gasteiger partial charge in [0.05, 0.1) is 13.2 Å². The highest BCUT2D eigenvalue weighted by Gasteiger charge is 2.27. The van der Waals surface area contributed by atoms with Crippen molar-refractivity contribution < 1.29 is 4.74 Å². The Kier molecular flexibility index (Phi) is 5.04. The summed E-state index contributed by atoms with van der Waals surface area (Å²) >= 11 is 0. The molecule has 3 nitrogen and oxygen atoms in total. The van der Waals surface area contributed by atoms with Crippen LogP contribution in [0.2, 0.25) is 0 Å². The van der Waals surface area contributed by atoms with E-state index in [1.807, 2.05) is 0 Å². The minimum absolute atomic E-state index is 0.587. The molecule has 0 saturated carbocycles. The van der Waals surface area contributed by atoms with Crippen LogP contribution in [0.3, 0.4) is 0 Å². The maximum absolute atomic E-state index is 5.41. The van der Waals surface area contributed by atoms with Crippen LogP contribution in [0.4, 0.5) is 5.69 Å². The van der Waals surface area contributed by atoms with Gasteiger partial charge in [0.25, 0.3) is 0 Å². The number of anilines is 1. The standard InChI is InChI=1S/C19H30N2O/c1-15(2)21-16(3)13-18-14-17(6-7-19(18)21)5-4-8-20-9-11-22-12-10-20/h6-7,14-16H,4-5,8-13H2,1-3H3. The zero-order valence-corrected chi connectivity index (χ0v) is 14.3. The van der Waals surface area contributed by atoms with Gasteiger partial charge >= 0.3 is 0 Å². The Morgan fingerprint density at radius 2 is 2.00 bits per heavy atom. The minimum atomic E-state index is 0.587. The first-order valence-electron chi connectivity index (χ1n) is 8.85. The third kappa shape index (κ3) is 3.47. The summed E-state index contributed by atoms with van der Waals surface area (Å²) in [5, 5.41) is 0.